The first-order valence-electron chi connectivity index (χ1n) is 5.48. The van der Waals surface area contributed by atoms with Crippen molar-refractivity contribution in [2.45, 2.75) is 38.8 Å². The van der Waals surface area contributed by atoms with Gasteiger partial charge in [-0.25, -0.2) is 4.39 Å². The summed E-state index contributed by atoms with van der Waals surface area (Å²) >= 11 is 5.65. The van der Waals surface area contributed by atoms with Crippen LogP contribution in [-0.2, 0) is 4.74 Å². The minimum Gasteiger partial charge on any atom is -0.379 e. The summed E-state index contributed by atoms with van der Waals surface area (Å²) in [6.45, 7) is 5.29. The average molecular weight is 263 g/mol. The van der Waals surface area contributed by atoms with Crippen LogP contribution in [0.3, 0.4) is 0 Å². The number of halogens is 2. The van der Waals surface area contributed by atoms with Crippen LogP contribution in [0.2, 0.25) is 0 Å². The molecule has 0 amide bonds. The van der Waals surface area contributed by atoms with E-state index in [1.165, 1.54) is 6.08 Å². The zero-order valence-corrected chi connectivity index (χ0v) is 11.5. The fourth-order valence-corrected chi connectivity index (χ4v) is 1.45. The molecule has 0 aromatic carbocycles. The molecule has 3 nitrogen and oxygen atoms in total. The highest BCUT2D eigenvalue weighted by molar-refractivity contribution is 6.43. The summed E-state index contributed by atoms with van der Waals surface area (Å²) in [7, 11) is 1.54. The molecule has 0 aliphatic rings. The summed E-state index contributed by atoms with van der Waals surface area (Å²) in [5.74, 6) is -0.129. The van der Waals surface area contributed by atoms with Gasteiger partial charge in [0.25, 0.3) is 0 Å². The molecule has 1 N–H and O–H groups in total. The molecule has 0 fully saturated rings. The third-order valence-corrected chi connectivity index (χ3v) is 2.93. The second-order valence-electron chi connectivity index (χ2n) is 3.93. The minimum atomic E-state index is -0.851. The lowest BCUT2D eigenvalue weighted by Gasteiger charge is -2.28. The Labute approximate surface area is 107 Å². The molecule has 0 spiro atoms. The largest absolute Gasteiger partial charge is 0.379 e. The van der Waals surface area contributed by atoms with Gasteiger partial charge in [-0.15, -0.1) is 11.6 Å². The normalized spacial score (nSPS) is 18.7. The SMILES string of the molecule is CC/C(F)=C\C(C)(/N=C(\C=N)CCl)C(C)OC. The molecule has 0 aliphatic carbocycles. The van der Waals surface area contributed by atoms with Crippen LogP contribution < -0.4 is 0 Å². The van der Waals surface area contributed by atoms with E-state index in [9.17, 15) is 4.39 Å². The van der Waals surface area contributed by atoms with Gasteiger partial charge in [0, 0.05) is 13.3 Å². The molecular weight excluding hydrogens is 243 g/mol. The van der Waals surface area contributed by atoms with Crippen LogP contribution in [0.25, 0.3) is 0 Å². The summed E-state index contributed by atoms with van der Waals surface area (Å²) in [5.41, 5.74) is -0.449. The van der Waals surface area contributed by atoms with E-state index in [2.05, 4.69) is 4.99 Å². The highest BCUT2D eigenvalue weighted by Gasteiger charge is 2.29. The van der Waals surface area contributed by atoms with Gasteiger partial charge in [-0.1, -0.05) is 6.92 Å². The number of methoxy groups -OCH3 is 1. The minimum absolute atomic E-state index is 0.122. The second-order valence-corrected chi connectivity index (χ2v) is 4.20. The molecular formula is C12H20ClFN2O. The number of hydrogen-bond donors (Lipinski definition) is 1. The van der Waals surface area contributed by atoms with Gasteiger partial charge in [-0.3, -0.25) is 4.99 Å². The Morgan fingerprint density at radius 2 is 2.24 bits per heavy atom. The number of aliphatic imine (C=N–C) groups is 1. The molecule has 2 atom stereocenters. The fraction of sp³-hybridized carbons (Fsp3) is 0.667. The number of nitrogens with one attached hydrogen (secondary N) is 1. The van der Waals surface area contributed by atoms with Crippen molar-refractivity contribution >= 4 is 23.5 Å². The van der Waals surface area contributed by atoms with Gasteiger partial charge in [0.15, 0.2) is 0 Å². The quantitative estimate of drug-likeness (QED) is 0.555. The van der Waals surface area contributed by atoms with Crippen LogP contribution in [0.1, 0.15) is 27.2 Å². The van der Waals surface area contributed by atoms with Crippen LogP contribution in [0, 0.1) is 5.41 Å². The van der Waals surface area contributed by atoms with Crippen LogP contribution in [-0.4, -0.2) is 36.6 Å². The molecule has 0 bridgehead atoms. The summed E-state index contributed by atoms with van der Waals surface area (Å²) < 4.78 is 18.6. The topological polar surface area (TPSA) is 45.4 Å². The summed E-state index contributed by atoms with van der Waals surface area (Å²) in [5, 5.41) is 7.17. The van der Waals surface area contributed by atoms with Crippen LogP contribution in [0.15, 0.2) is 16.9 Å². The van der Waals surface area contributed by atoms with Gasteiger partial charge < -0.3 is 10.1 Å². The molecule has 0 radical (unpaired) electrons. The molecule has 0 aromatic rings. The van der Waals surface area contributed by atoms with Gasteiger partial charge in [0.05, 0.1) is 23.5 Å². The van der Waals surface area contributed by atoms with E-state index in [-0.39, 0.29) is 17.8 Å². The maximum absolute atomic E-state index is 13.4. The van der Waals surface area contributed by atoms with Crippen molar-refractivity contribution in [3.05, 3.63) is 11.9 Å². The van der Waals surface area contributed by atoms with Crippen LogP contribution >= 0.6 is 11.6 Å². The zero-order chi connectivity index (χ0) is 13.5. The van der Waals surface area contributed by atoms with E-state index in [4.69, 9.17) is 21.7 Å². The molecule has 0 saturated heterocycles. The Morgan fingerprint density at radius 3 is 2.59 bits per heavy atom. The first kappa shape index (κ1) is 16.3. The third kappa shape index (κ3) is 4.96. The van der Waals surface area contributed by atoms with E-state index in [1.54, 1.807) is 27.9 Å². The molecule has 0 aromatic heterocycles. The highest BCUT2D eigenvalue weighted by Crippen LogP contribution is 2.23. The summed E-state index contributed by atoms with van der Waals surface area (Å²) in [6, 6.07) is 0. The van der Waals surface area contributed by atoms with Gasteiger partial charge >= 0.3 is 0 Å². The van der Waals surface area contributed by atoms with Crippen molar-refractivity contribution in [2.24, 2.45) is 4.99 Å². The molecule has 98 valence electrons. The van der Waals surface area contributed by atoms with Crippen molar-refractivity contribution in [3.8, 4) is 0 Å². The van der Waals surface area contributed by atoms with Gasteiger partial charge in [0.1, 0.15) is 5.54 Å². The van der Waals surface area contributed by atoms with Crippen LogP contribution in [0.5, 0.6) is 0 Å². The number of rotatable bonds is 7. The zero-order valence-electron chi connectivity index (χ0n) is 10.8. The molecule has 0 aliphatic heterocycles. The Kier molecular flexibility index (Phi) is 7.23. The van der Waals surface area contributed by atoms with Crippen LogP contribution in [0.4, 0.5) is 4.39 Å². The molecule has 0 rings (SSSR count). The van der Waals surface area contributed by atoms with E-state index in [0.717, 1.165) is 6.21 Å². The average Bonchev–Trinajstić information content (AvgIpc) is 2.34. The lowest BCUT2D eigenvalue weighted by atomic mass is 9.95. The van der Waals surface area contributed by atoms with E-state index < -0.39 is 5.54 Å². The summed E-state index contributed by atoms with van der Waals surface area (Å²) in [4.78, 5) is 4.30. The lowest BCUT2D eigenvalue weighted by molar-refractivity contribution is 0.0756. The molecule has 0 heterocycles. The molecule has 17 heavy (non-hydrogen) atoms. The first-order chi connectivity index (χ1) is 7.93. The monoisotopic (exact) mass is 262 g/mol. The highest BCUT2D eigenvalue weighted by atomic mass is 35.5. The Hall–Kier alpha value is -0.740. The van der Waals surface area contributed by atoms with E-state index in [1.807, 2.05) is 0 Å². The lowest BCUT2D eigenvalue weighted by Crippen LogP contribution is -2.36. The number of allylic oxidation sites excluding steroid dienone is 1. The predicted molar refractivity (Wildman–Crippen MR) is 71.3 cm³/mol. The predicted octanol–water partition coefficient (Wildman–Crippen LogP) is 3.37. The maximum atomic E-state index is 13.4. The molecule has 0 saturated carbocycles. The Morgan fingerprint density at radius 1 is 1.65 bits per heavy atom. The van der Waals surface area contributed by atoms with Crippen molar-refractivity contribution in [2.75, 3.05) is 13.0 Å². The number of alkyl halides is 1. The smallest absolute Gasteiger partial charge is 0.105 e. The van der Waals surface area contributed by atoms with Gasteiger partial charge in [-0.2, -0.15) is 0 Å². The van der Waals surface area contributed by atoms with Gasteiger partial charge in [-0.05, 0) is 26.3 Å². The van der Waals surface area contributed by atoms with E-state index in [0.29, 0.717) is 12.1 Å². The first-order valence-corrected chi connectivity index (χ1v) is 6.02. The molecule has 5 heteroatoms. The Balaban J connectivity index is 5.39. The second kappa shape index (κ2) is 7.56. The fourth-order valence-electron chi connectivity index (χ4n) is 1.31. The van der Waals surface area contributed by atoms with Crippen molar-refractivity contribution in [3.63, 3.8) is 0 Å². The van der Waals surface area contributed by atoms with E-state index >= 15 is 0 Å². The number of ether oxygens (including phenoxy) is 1. The number of hydrogen-bond acceptors (Lipinski definition) is 3. The maximum Gasteiger partial charge on any atom is 0.105 e. The van der Waals surface area contributed by atoms with Crippen molar-refractivity contribution < 1.29 is 9.13 Å². The molecule has 2 unspecified atom stereocenters. The Bertz CT molecular complexity index is 318. The van der Waals surface area contributed by atoms with Crippen molar-refractivity contribution in [1.29, 1.82) is 5.41 Å². The third-order valence-electron chi connectivity index (χ3n) is 2.65. The van der Waals surface area contributed by atoms with Crippen molar-refractivity contribution in [1.82, 2.24) is 0 Å². The summed E-state index contributed by atoms with van der Waals surface area (Å²) in [6.07, 6.45) is 2.50. The number of nitrogens with zero attached hydrogens (tertiary/aromatic N) is 1. The standard InChI is InChI=1S/C12H20ClFN2O/c1-5-10(14)6-12(3,9(2)17-4)16-11(7-13)8-15/h6,8-9,15H,5,7H2,1-4H3/b10-6+,15-8?,16-11-. The van der Waals surface area contributed by atoms with Gasteiger partial charge in [0.2, 0.25) is 0 Å².